The van der Waals surface area contributed by atoms with Crippen LogP contribution in [0.25, 0.3) is 0 Å². The van der Waals surface area contributed by atoms with Crippen molar-refractivity contribution in [2.45, 2.75) is 39.2 Å². The average molecular weight is 174 g/mol. The van der Waals surface area contributed by atoms with E-state index in [1.807, 2.05) is 17.8 Å². The lowest BCUT2D eigenvalue weighted by atomic mass is 10.2. The van der Waals surface area contributed by atoms with Crippen LogP contribution in [0.4, 0.5) is 0 Å². The van der Waals surface area contributed by atoms with Crippen LogP contribution >= 0.6 is 0 Å². The molecule has 1 heterocycles. The summed E-state index contributed by atoms with van der Waals surface area (Å²) in [6, 6.07) is 0. The molecule has 1 aromatic rings. The van der Waals surface area contributed by atoms with E-state index in [0.717, 1.165) is 12.5 Å². The Kier molecular flexibility index (Phi) is 2.10. The van der Waals surface area contributed by atoms with Crippen molar-refractivity contribution in [3.05, 3.63) is 17.5 Å². The van der Waals surface area contributed by atoms with E-state index in [1.54, 1.807) is 0 Å². The second-order valence-electron chi connectivity index (χ2n) is 3.57. The highest BCUT2D eigenvalue weighted by molar-refractivity contribution is 5.24. The van der Waals surface area contributed by atoms with Gasteiger partial charge in [0.05, 0.1) is 6.20 Å². The van der Waals surface area contributed by atoms with Gasteiger partial charge in [-0.25, -0.2) is 0 Å². The first-order chi connectivity index (χ1) is 6.33. The van der Waals surface area contributed by atoms with Crippen molar-refractivity contribution >= 4 is 0 Å². The van der Waals surface area contributed by atoms with Gasteiger partial charge < -0.3 is 0 Å². The van der Waals surface area contributed by atoms with Crippen LogP contribution in [0.2, 0.25) is 0 Å². The van der Waals surface area contributed by atoms with Crippen LogP contribution in [0.15, 0.2) is 6.20 Å². The molecule has 0 bridgehead atoms. The monoisotopic (exact) mass is 174 g/mol. The van der Waals surface area contributed by atoms with Crippen LogP contribution in [0.1, 0.15) is 36.9 Å². The van der Waals surface area contributed by atoms with Crippen molar-refractivity contribution in [2.75, 3.05) is 0 Å². The number of hydrogen-bond acceptors (Lipinski definition) is 1. The van der Waals surface area contributed by atoms with Gasteiger partial charge in [-0.2, -0.15) is 5.10 Å². The number of aryl methyl sites for hydroxylation is 1. The molecule has 2 rings (SSSR count). The minimum absolute atomic E-state index is 0.746. The van der Waals surface area contributed by atoms with Crippen molar-refractivity contribution < 1.29 is 0 Å². The van der Waals surface area contributed by atoms with Gasteiger partial charge in [0.2, 0.25) is 0 Å². The Morgan fingerprint density at radius 1 is 1.62 bits per heavy atom. The third kappa shape index (κ3) is 1.60. The molecule has 0 amide bonds. The molecule has 0 spiro atoms. The highest BCUT2D eigenvalue weighted by atomic mass is 15.3. The van der Waals surface area contributed by atoms with E-state index < -0.39 is 0 Å². The summed E-state index contributed by atoms with van der Waals surface area (Å²) in [6.45, 7) is 4.75. The summed E-state index contributed by atoms with van der Waals surface area (Å²) in [5.74, 6) is 6.72. The fourth-order valence-corrected chi connectivity index (χ4v) is 1.66. The van der Waals surface area contributed by atoms with E-state index in [1.165, 1.54) is 24.1 Å². The summed E-state index contributed by atoms with van der Waals surface area (Å²) >= 11 is 0. The van der Waals surface area contributed by atoms with Gasteiger partial charge >= 0.3 is 0 Å². The maximum absolute atomic E-state index is 4.33. The fourth-order valence-electron chi connectivity index (χ4n) is 1.66. The topological polar surface area (TPSA) is 17.8 Å². The molecule has 2 nitrogen and oxygen atoms in total. The summed E-state index contributed by atoms with van der Waals surface area (Å²) < 4.78 is 2.05. The summed E-state index contributed by atoms with van der Waals surface area (Å²) in [6.07, 6.45) is 4.60. The lowest BCUT2D eigenvalue weighted by Gasteiger charge is -2.02. The minimum atomic E-state index is 0.746. The molecular formula is C11H14N2. The molecule has 1 saturated carbocycles. The van der Waals surface area contributed by atoms with Crippen LogP contribution in [0, 0.1) is 18.8 Å². The van der Waals surface area contributed by atoms with Crippen LogP contribution in [0.5, 0.6) is 0 Å². The minimum Gasteiger partial charge on any atom is -0.257 e. The molecule has 0 atom stereocenters. The summed E-state index contributed by atoms with van der Waals surface area (Å²) in [7, 11) is 0. The van der Waals surface area contributed by atoms with Gasteiger partial charge in [-0.1, -0.05) is 5.92 Å². The molecule has 0 unspecified atom stereocenters. The Bertz CT molecular complexity index is 361. The van der Waals surface area contributed by atoms with E-state index in [9.17, 15) is 0 Å². The molecule has 1 fully saturated rings. The largest absolute Gasteiger partial charge is 0.257 e. The zero-order chi connectivity index (χ0) is 9.26. The predicted octanol–water partition coefficient (Wildman–Crippen LogP) is 2.09. The first kappa shape index (κ1) is 8.37. The Morgan fingerprint density at radius 2 is 2.38 bits per heavy atom. The molecule has 0 aromatic carbocycles. The Hall–Kier alpha value is -1.23. The highest BCUT2D eigenvalue weighted by Crippen LogP contribution is 2.41. The van der Waals surface area contributed by atoms with Crippen LogP contribution < -0.4 is 0 Å². The molecular weight excluding hydrogens is 160 g/mol. The lowest BCUT2D eigenvalue weighted by Crippen LogP contribution is -2.03. The second kappa shape index (κ2) is 3.26. The van der Waals surface area contributed by atoms with E-state index >= 15 is 0 Å². The number of hydrogen-bond donors (Lipinski definition) is 0. The summed E-state index contributed by atoms with van der Waals surface area (Å²) in [5, 5.41) is 4.33. The van der Waals surface area contributed by atoms with Gasteiger partial charge in [0.1, 0.15) is 6.54 Å². The van der Waals surface area contributed by atoms with Crippen molar-refractivity contribution in [3.8, 4) is 11.8 Å². The van der Waals surface area contributed by atoms with Gasteiger partial charge in [-0.3, -0.25) is 4.68 Å². The number of rotatable bonds is 2. The molecule has 68 valence electrons. The zero-order valence-corrected chi connectivity index (χ0v) is 8.17. The van der Waals surface area contributed by atoms with Crippen LogP contribution in [-0.4, -0.2) is 9.78 Å². The zero-order valence-electron chi connectivity index (χ0n) is 8.17. The van der Waals surface area contributed by atoms with Crippen molar-refractivity contribution in [3.63, 3.8) is 0 Å². The van der Waals surface area contributed by atoms with E-state index in [-0.39, 0.29) is 0 Å². The normalized spacial score (nSPS) is 15.2. The van der Waals surface area contributed by atoms with Gasteiger partial charge in [-0.05, 0) is 32.3 Å². The van der Waals surface area contributed by atoms with Gasteiger partial charge in [0.25, 0.3) is 0 Å². The van der Waals surface area contributed by atoms with Crippen LogP contribution in [-0.2, 0) is 6.54 Å². The van der Waals surface area contributed by atoms with Crippen LogP contribution in [0.3, 0.4) is 0 Å². The van der Waals surface area contributed by atoms with E-state index in [0.29, 0.717) is 0 Å². The molecule has 1 aromatic heterocycles. The summed E-state index contributed by atoms with van der Waals surface area (Å²) in [4.78, 5) is 0. The maximum atomic E-state index is 4.33. The SMILES string of the molecule is CC#CCn1ncc(C)c1C1CC1. The third-order valence-electron chi connectivity index (χ3n) is 2.44. The van der Waals surface area contributed by atoms with Crippen molar-refractivity contribution in [1.82, 2.24) is 9.78 Å². The van der Waals surface area contributed by atoms with Crippen molar-refractivity contribution in [2.24, 2.45) is 0 Å². The Morgan fingerprint density at radius 3 is 3.00 bits per heavy atom. The molecule has 13 heavy (non-hydrogen) atoms. The molecule has 2 heteroatoms. The molecule has 1 aliphatic carbocycles. The second-order valence-corrected chi connectivity index (χ2v) is 3.57. The van der Waals surface area contributed by atoms with E-state index in [4.69, 9.17) is 0 Å². The lowest BCUT2D eigenvalue weighted by molar-refractivity contribution is 0.668. The molecule has 0 N–H and O–H groups in total. The smallest absolute Gasteiger partial charge is 0.102 e. The van der Waals surface area contributed by atoms with Gasteiger partial charge in [-0.15, -0.1) is 5.92 Å². The quantitative estimate of drug-likeness (QED) is 0.628. The molecule has 1 aliphatic rings. The fraction of sp³-hybridized carbons (Fsp3) is 0.545. The molecule has 0 saturated heterocycles. The Balaban J connectivity index is 2.26. The molecule has 0 radical (unpaired) electrons. The number of aromatic nitrogens is 2. The summed E-state index contributed by atoms with van der Waals surface area (Å²) in [5.41, 5.74) is 2.73. The standard InChI is InChI=1S/C11H14N2/c1-3-4-7-13-11(10-5-6-10)9(2)8-12-13/h8,10H,5-7H2,1-2H3. The average Bonchev–Trinajstić information content (AvgIpc) is 2.88. The highest BCUT2D eigenvalue weighted by Gasteiger charge is 2.28. The van der Waals surface area contributed by atoms with Gasteiger partial charge in [0.15, 0.2) is 0 Å². The van der Waals surface area contributed by atoms with Crippen molar-refractivity contribution in [1.29, 1.82) is 0 Å². The van der Waals surface area contributed by atoms with Gasteiger partial charge in [0, 0.05) is 11.6 Å². The first-order valence-corrected chi connectivity index (χ1v) is 4.75. The Labute approximate surface area is 79.0 Å². The predicted molar refractivity (Wildman–Crippen MR) is 52.4 cm³/mol. The molecule has 0 aliphatic heterocycles. The van der Waals surface area contributed by atoms with E-state index in [2.05, 4.69) is 23.9 Å². The maximum Gasteiger partial charge on any atom is 0.102 e. The first-order valence-electron chi connectivity index (χ1n) is 4.75. The number of nitrogens with zero attached hydrogens (tertiary/aromatic N) is 2. The third-order valence-corrected chi connectivity index (χ3v) is 2.44.